The maximum Gasteiger partial charge on any atom is 0.434 e. The number of carbonyl (C=O) groups excluding carboxylic acids is 2. The second kappa shape index (κ2) is 9.49. The zero-order chi connectivity index (χ0) is 26.3. The summed E-state index contributed by atoms with van der Waals surface area (Å²) in [6.07, 6.45) is -14.2. The second-order valence-electron chi connectivity index (χ2n) is 8.74. The normalized spacial score (nSPS) is 18.2. The summed E-state index contributed by atoms with van der Waals surface area (Å²) in [6, 6.07) is 8.39. The highest BCUT2D eigenvalue weighted by Crippen LogP contribution is 2.40. The Morgan fingerprint density at radius 2 is 1.56 bits per heavy atom. The van der Waals surface area contributed by atoms with E-state index in [1.807, 2.05) is 0 Å². The van der Waals surface area contributed by atoms with Crippen LogP contribution in [0.2, 0.25) is 5.02 Å². The second-order valence-corrected chi connectivity index (χ2v) is 9.18. The number of aromatic nitrogens is 2. The van der Waals surface area contributed by atoms with Crippen molar-refractivity contribution in [2.45, 2.75) is 49.7 Å². The number of carbonyl (C=O) groups is 2. The van der Waals surface area contributed by atoms with Crippen molar-refractivity contribution in [2.24, 2.45) is 0 Å². The molecule has 36 heavy (non-hydrogen) atoms. The topological polar surface area (TPSA) is 67.7 Å². The molecule has 14 heteroatoms. The summed E-state index contributed by atoms with van der Waals surface area (Å²) in [7, 11) is 0. The van der Waals surface area contributed by atoms with Gasteiger partial charge in [-0.25, -0.2) is 9.48 Å². The van der Waals surface area contributed by atoms with E-state index in [9.17, 15) is 35.9 Å². The molecule has 4 rings (SSSR count). The number of alkyl halides is 6. The predicted octanol–water partition coefficient (Wildman–Crippen LogP) is 5.23. The van der Waals surface area contributed by atoms with Crippen LogP contribution in [-0.2, 0) is 4.74 Å². The summed E-state index contributed by atoms with van der Waals surface area (Å²) < 4.78 is 81.8. The molecule has 2 fully saturated rings. The van der Waals surface area contributed by atoms with Crippen molar-refractivity contribution in [1.82, 2.24) is 19.6 Å². The lowest BCUT2D eigenvalue weighted by molar-refractivity contribution is -0.308. The van der Waals surface area contributed by atoms with Gasteiger partial charge in [0.15, 0.2) is 5.69 Å². The predicted molar refractivity (Wildman–Crippen MR) is 115 cm³/mol. The minimum Gasteiger partial charge on any atom is -0.426 e. The Morgan fingerprint density at radius 3 is 2.14 bits per heavy atom. The quantitative estimate of drug-likeness (QED) is 0.502. The molecule has 196 valence electrons. The summed E-state index contributed by atoms with van der Waals surface area (Å²) in [6.45, 7) is 0.121. The highest BCUT2D eigenvalue weighted by atomic mass is 35.5. The van der Waals surface area contributed by atoms with Crippen LogP contribution in [0.1, 0.15) is 36.2 Å². The molecule has 0 atom stereocenters. The van der Waals surface area contributed by atoms with Gasteiger partial charge in [0.2, 0.25) is 0 Å². The number of rotatable bonds is 3. The van der Waals surface area contributed by atoms with Crippen molar-refractivity contribution in [3.8, 4) is 5.69 Å². The number of nitrogens with zero attached hydrogens (tertiary/aromatic N) is 4. The molecule has 0 radical (unpaired) electrons. The first-order valence-electron chi connectivity index (χ1n) is 11.0. The van der Waals surface area contributed by atoms with Crippen LogP contribution in [0.5, 0.6) is 0 Å². The van der Waals surface area contributed by atoms with Gasteiger partial charge < -0.3 is 14.5 Å². The maximum absolute atomic E-state index is 13.3. The molecule has 2 aromatic rings. The fraction of sp³-hybridized carbons (Fsp3) is 0.500. The fourth-order valence-electron chi connectivity index (χ4n) is 4.69. The molecular weight excluding hydrogens is 518 g/mol. The molecule has 2 amide bonds. The van der Waals surface area contributed by atoms with Crippen LogP contribution in [0.15, 0.2) is 36.5 Å². The molecule has 0 unspecified atom stereocenters. The number of hydrogen-bond acceptors (Lipinski definition) is 4. The monoisotopic (exact) mass is 538 g/mol. The minimum atomic E-state index is -5.78. The first-order valence-corrected chi connectivity index (χ1v) is 11.4. The van der Waals surface area contributed by atoms with Crippen molar-refractivity contribution in [3.63, 3.8) is 0 Å². The Kier molecular flexibility index (Phi) is 6.88. The zero-order valence-corrected chi connectivity index (χ0v) is 19.4. The van der Waals surface area contributed by atoms with Gasteiger partial charge in [-0.15, -0.1) is 0 Å². The van der Waals surface area contributed by atoms with Gasteiger partial charge in [0.1, 0.15) is 0 Å². The van der Waals surface area contributed by atoms with Crippen molar-refractivity contribution >= 4 is 23.6 Å². The lowest BCUT2D eigenvalue weighted by Gasteiger charge is -2.44. The van der Waals surface area contributed by atoms with E-state index in [1.54, 1.807) is 41.4 Å². The van der Waals surface area contributed by atoms with E-state index < -0.39 is 30.1 Å². The van der Waals surface area contributed by atoms with Crippen LogP contribution in [0.25, 0.3) is 5.69 Å². The van der Waals surface area contributed by atoms with Crippen LogP contribution in [0.4, 0.5) is 31.1 Å². The van der Waals surface area contributed by atoms with Gasteiger partial charge >= 0.3 is 18.4 Å². The first-order chi connectivity index (χ1) is 16.8. The van der Waals surface area contributed by atoms with E-state index in [2.05, 4.69) is 9.84 Å². The largest absolute Gasteiger partial charge is 0.434 e. The van der Waals surface area contributed by atoms with Crippen molar-refractivity contribution in [1.29, 1.82) is 0 Å². The highest BCUT2D eigenvalue weighted by molar-refractivity contribution is 6.30. The van der Waals surface area contributed by atoms with Gasteiger partial charge in [0.05, 0.1) is 5.69 Å². The third-order valence-electron chi connectivity index (χ3n) is 6.51. The van der Waals surface area contributed by atoms with Gasteiger partial charge in [-0.05, 0) is 56.0 Å². The summed E-state index contributed by atoms with van der Waals surface area (Å²) >= 11 is 5.90. The average molecular weight is 539 g/mol. The molecular formula is C22H21ClF6N4O3. The molecule has 2 saturated heterocycles. The van der Waals surface area contributed by atoms with Crippen LogP contribution in [0, 0.1) is 0 Å². The average Bonchev–Trinajstić information content (AvgIpc) is 3.44. The van der Waals surface area contributed by atoms with Crippen molar-refractivity contribution in [3.05, 3.63) is 47.2 Å². The van der Waals surface area contributed by atoms with Gasteiger partial charge in [-0.3, -0.25) is 4.79 Å². The molecule has 2 aliphatic rings. The van der Waals surface area contributed by atoms with Gasteiger partial charge in [-0.1, -0.05) is 11.6 Å². The third-order valence-corrected chi connectivity index (χ3v) is 6.76. The van der Waals surface area contributed by atoms with Gasteiger partial charge in [-0.2, -0.15) is 31.4 Å². The summed E-state index contributed by atoms with van der Waals surface area (Å²) in [5.41, 5.74) is 0.203. The Labute approximate surface area is 206 Å². The Morgan fingerprint density at radius 1 is 0.944 bits per heavy atom. The van der Waals surface area contributed by atoms with Gasteiger partial charge in [0, 0.05) is 36.4 Å². The van der Waals surface area contributed by atoms with Gasteiger partial charge in [0.25, 0.3) is 12.0 Å². The van der Waals surface area contributed by atoms with E-state index in [1.165, 1.54) is 4.68 Å². The van der Waals surface area contributed by atoms with Crippen LogP contribution < -0.4 is 0 Å². The number of halogens is 7. The molecule has 1 aromatic carbocycles. The minimum absolute atomic E-state index is 0.149. The van der Waals surface area contributed by atoms with E-state index in [-0.39, 0.29) is 37.5 Å². The molecule has 1 aromatic heterocycles. The lowest BCUT2D eigenvalue weighted by atomic mass is 9.85. The van der Waals surface area contributed by atoms with Crippen molar-refractivity contribution < 1.29 is 40.7 Å². The molecule has 1 spiro atoms. The van der Waals surface area contributed by atoms with E-state index in [4.69, 9.17) is 11.6 Å². The molecule has 0 bridgehead atoms. The summed E-state index contributed by atoms with van der Waals surface area (Å²) in [4.78, 5) is 27.8. The number of benzene rings is 1. The van der Waals surface area contributed by atoms with Crippen LogP contribution >= 0.6 is 11.6 Å². The summed E-state index contributed by atoms with van der Waals surface area (Å²) in [5, 5.41) is 4.88. The van der Waals surface area contributed by atoms with E-state index >= 15 is 0 Å². The first kappa shape index (κ1) is 26.1. The van der Waals surface area contributed by atoms with E-state index in [0.717, 1.165) is 4.90 Å². The smallest absolute Gasteiger partial charge is 0.426 e. The number of piperidine rings is 1. The third kappa shape index (κ3) is 5.25. The summed E-state index contributed by atoms with van der Waals surface area (Å²) in [5.74, 6) is -0.342. The Hall–Kier alpha value is -2.96. The zero-order valence-electron chi connectivity index (χ0n) is 18.7. The SMILES string of the molecule is O=C(OC(C(F)(F)F)C(F)(F)F)N1CCC2(CCCN2C(=O)c2ccn(-c3ccc(Cl)cc3)n2)CC1. The molecule has 0 aliphatic carbocycles. The number of hydrogen-bond donors (Lipinski definition) is 0. The Balaban J connectivity index is 1.42. The molecule has 0 saturated carbocycles. The fourth-order valence-corrected chi connectivity index (χ4v) is 4.82. The highest BCUT2D eigenvalue weighted by Gasteiger charge is 2.60. The molecule has 3 heterocycles. The van der Waals surface area contributed by atoms with E-state index in [0.29, 0.717) is 30.1 Å². The number of amides is 2. The molecule has 2 aliphatic heterocycles. The van der Waals surface area contributed by atoms with Crippen LogP contribution in [0.3, 0.4) is 0 Å². The lowest BCUT2D eigenvalue weighted by Crippen LogP contribution is -2.56. The number of likely N-dealkylation sites (tertiary alicyclic amines) is 2. The molecule has 0 N–H and O–H groups in total. The Bertz CT molecular complexity index is 1100. The molecule has 7 nitrogen and oxygen atoms in total. The maximum atomic E-state index is 13.3. The number of ether oxygens (including phenoxy) is 1. The van der Waals surface area contributed by atoms with Crippen molar-refractivity contribution in [2.75, 3.05) is 19.6 Å². The standard InChI is InChI=1S/C22H21ClF6N4O3/c23-14-2-4-15(5-3-14)33-11-6-16(30-33)17(34)32-10-1-7-20(32)8-12-31(13-9-20)19(35)36-18(21(24,25)26)22(27,28)29/h2-6,11,18H,1,7-10,12-13H2. The van der Waals surface area contributed by atoms with Crippen LogP contribution in [-0.4, -0.2) is 75.2 Å².